The van der Waals surface area contributed by atoms with Crippen LogP contribution in [0.2, 0.25) is 0 Å². The number of nitrogens with zero attached hydrogens (tertiary/aromatic N) is 1. The Kier molecular flexibility index (Phi) is 4.48. The van der Waals surface area contributed by atoms with Gasteiger partial charge >= 0.3 is 0 Å². The van der Waals surface area contributed by atoms with E-state index in [2.05, 4.69) is 0 Å². The van der Waals surface area contributed by atoms with Crippen LogP contribution in [0, 0.1) is 0 Å². The summed E-state index contributed by atoms with van der Waals surface area (Å²) in [6.45, 7) is 1.36. The molecule has 0 saturated heterocycles. The first-order valence-corrected chi connectivity index (χ1v) is 7.60. The van der Waals surface area contributed by atoms with E-state index in [1.165, 1.54) is 0 Å². The van der Waals surface area contributed by atoms with Crippen molar-refractivity contribution in [2.45, 2.75) is 12.6 Å². The summed E-state index contributed by atoms with van der Waals surface area (Å²) < 4.78 is 11.6. The van der Waals surface area contributed by atoms with Crippen LogP contribution < -0.4 is 15.2 Å². The number of carbonyl (C=O) groups is 1. The minimum Gasteiger partial charge on any atom is -0.486 e. The molecule has 0 aliphatic carbocycles. The zero-order valence-corrected chi connectivity index (χ0v) is 13.1. The molecule has 23 heavy (non-hydrogen) atoms. The molecule has 0 saturated carbocycles. The highest BCUT2D eigenvalue weighted by atomic mass is 16.6. The van der Waals surface area contributed by atoms with Crippen LogP contribution in [-0.4, -0.2) is 37.1 Å². The molecule has 0 radical (unpaired) electrons. The van der Waals surface area contributed by atoms with Crippen molar-refractivity contribution in [3.8, 4) is 11.5 Å². The van der Waals surface area contributed by atoms with Crippen molar-refractivity contribution in [3.63, 3.8) is 0 Å². The number of hydrogen-bond acceptors (Lipinski definition) is 4. The standard InChI is InChI=1S/C18H20N2O3/c1-20(18(21)14-8-6-13(10-19)7-9-14)11-15-12-22-16-4-2-3-5-17(16)23-15/h2-9,15H,10-12,19H2,1H3. The Balaban J connectivity index is 1.62. The third-order valence-electron chi connectivity index (χ3n) is 3.83. The number of amides is 1. The summed E-state index contributed by atoms with van der Waals surface area (Å²) in [7, 11) is 1.77. The van der Waals surface area contributed by atoms with E-state index in [0.717, 1.165) is 17.1 Å². The Morgan fingerprint density at radius 1 is 1.17 bits per heavy atom. The first-order valence-electron chi connectivity index (χ1n) is 7.60. The molecule has 0 fully saturated rings. The van der Waals surface area contributed by atoms with Gasteiger partial charge in [0.25, 0.3) is 5.91 Å². The fourth-order valence-electron chi connectivity index (χ4n) is 2.55. The molecule has 0 aromatic heterocycles. The highest BCUT2D eigenvalue weighted by Gasteiger charge is 2.24. The lowest BCUT2D eigenvalue weighted by atomic mass is 10.1. The number of carbonyl (C=O) groups excluding carboxylic acids is 1. The molecule has 0 bridgehead atoms. The van der Waals surface area contributed by atoms with Gasteiger partial charge in [-0.2, -0.15) is 0 Å². The molecule has 2 N–H and O–H groups in total. The Hall–Kier alpha value is -2.53. The van der Waals surface area contributed by atoms with Crippen LogP contribution in [0.25, 0.3) is 0 Å². The highest BCUT2D eigenvalue weighted by Crippen LogP contribution is 2.31. The van der Waals surface area contributed by atoms with Crippen molar-refractivity contribution in [2.24, 2.45) is 5.73 Å². The lowest BCUT2D eigenvalue weighted by Crippen LogP contribution is -2.41. The maximum Gasteiger partial charge on any atom is 0.253 e. The number of nitrogens with two attached hydrogens (primary N) is 1. The number of para-hydroxylation sites is 2. The molecule has 120 valence electrons. The Morgan fingerprint density at radius 2 is 1.87 bits per heavy atom. The highest BCUT2D eigenvalue weighted by molar-refractivity contribution is 5.94. The number of fused-ring (bicyclic) bond motifs is 1. The van der Waals surface area contributed by atoms with Crippen molar-refractivity contribution in [2.75, 3.05) is 20.2 Å². The first kappa shape index (κ1) is 15.4. The molecule has 1 heterocycles. The summed E-state index contributed by atoms with van der Waals surface area (Å²) in [5, 5.41) is 0. The fourth-order valence-corrected chi connectivity index (χ4v) is 2.55. The molecule has 1 atom stereocenters. The Morgan fingerprint density at radius 3 is 2.57 bits per heavy atom. The van der Waals surface area contributed by atoms with E-state index in [-0.39, 0.29) is 12.0 Å². The van der Waals surface area contributed by atoms with Gasteiger partial charge in [0.15, 0.2) is 17.6 Å². The van der Waals surface area contributed by atoms with E-state index in [0.29, 0.717) is 25.3 Å². The third-order valence-corrected chi connectivity index (χ3v) is 3.83. The van der Waals surface area contributed by atoms with E-state index < -0.39 is 0 Å². The van der Waals surface area contributed by atoms with Crippen LogP contribution in [0.4, 0.5) is 0 Å². The summed E-state index contributed by atoms with van der Waals surface area (Å²) >= 11 is 0. The van der Waals surface area contributed by atoms with Crippen molar-refractivity contribution < 1.29 is 14.3 Å². The molecule has 1 amide bonds. The first-order chi connectivity index (χ1) is 11.2. The normalized spacial score (nSPS) is 16.0. The third kappa shape index (κ3) is 3.46. The van der Waals surface area contributed by atoms with Gasteiger partial charge in [-0.3, -0.25) is 4.79 Å². The lowest BCUT2D eigenvalue weighted by molar-refractivity contribution is 0.0521. The molecule has 5 nitrogen and oxygen atoms in total. The second-order valence-electron chi connectivity index (χ2n) is 5.58. The topological polar surface area (TPSA) is 64.8 Å². The predicted octanol–water partition coefficient (Wildman–Crippen LogP) is 2.06. The molecule has 0 spiro atoms. The van der Waals surface area contributed by atoms with Crippen LogP contribution >= 0.6 is 0 Å². The van der Waals surface area contributed by atoms with Gasteiger partial charge in [0.2, 0.25) is 0 Å². The SMILES string of the molecule is CN(CC1COc2ccccc2O1)C(=O)c1ccc(CN)cc1. The maximum atomic E-state index is 12.5. The Labute approximate surface area is 135 Å². The molecule has 2 aromatic carbocycles. The van der Waals surface area contributed by atoms with Crippen molar-refractivity contribution >= 4 is 5.91 Å². The molecule has 1 unspecified atom stereocenters. The van der Waals surface area contributed by atoms with Crippen molar-refractivity contribution in [3.05, 3.63) is 59.7 Å². The van der Waals surface area contributed by atoms with E-state index >= 15 is 0 Å². The van der Waals surface area contributed by atoms with Crippen molar-refractivity contribution in [1.29, 1.82) is 0 Å². The van der Waals surface area contributed by atoms with E-state index in [4.69, 9.17) is 15.2 Å². The van der Waals surface area contributed by atoms with E-state index in [1.54, 1.807) is 24.1 Å². The smallest absolute Gasteiger partial charge is 0.253 e. The van der Waals surface area contributed by atoms with Gasteiger partial charge < -0.3 is 20.1 Å². The summed E-state index contributed by atoms with van der Waals surface area (Å²) in [4.78, 5) is 14.1. The van der Waals surface area contributed by atoms with Gasteiger partial charge in [-0.1, -0.05) is 24.3 Å². The summed E-state index contributed by atoms with van der Waals surface area (Å²) in [5.74, 6) is 1.42. The Bertz CT molecular complexity index is 685. The van der Waals surface area contributed by atoms with Gasteiger partial charge in [-0.15, -0.1) is 0 Å². The summed E-state index contributed by atoms with van der Waals surface area (Å²) in [5.41, 5.74) is 7.22. The van der Waals surface area contributed by atoms with Crippen LogP contribution in [0.3, 0.4) is 0 Å². The average Bonchev–Trinajstić information content (AvgIpc) is 2.61. The molecular weight excluding hydrogens is 292 g/mol. The minimum absolute atomic E-state index is 0.0453. The zero-order chi connectivity index (χ0) is 16.2. The van der Waals surface area contributed by atoms with Gasteiger partial charge in [0.1, 0.15) is 6.61 Å². The molecule has 2 aromatic rings. The zero-order valence-electron chi connectivity index (χ0n) is 13.1. The maximum absolute atomic E-state index is 12.5. The van der Waals surface area contributed by atoms with E-state index in [1.807, 2.05) is 36.4 Å². The summed E-state index contributed by atoms with van der Waals surface area (Å²) in [6.07, 6.45) is -0.179. The predicted molar refractivity (Wildman–Crippen MR) is 87.6 cm³/mol. The van der Waals surface area contributed by atoms with Crippen LogP contribution in [-0.2, 0) is 6.54 Å². The molecule has 5 heteroatoms. The van der Waals surface area contributed by atoms with E-state index in [9.17, 15) is 4.79 Å². The molecule has 1 aliphatic heterocycles. The second kappa shape index (κ2) is 6.71. The fraction of sp³-hybridized carbons (Fsp3) is 0.278. The number of benzene rings is 2. The monoisotopic (exact) mass is 312 g/mol. The molecule has 3 rings (SSSR count). The number of ether oxygens (including phenoxy) is 2. The van der Waals surface area contributed by atoms with Gasteiger partial charge in [0.05, 0.1) is 6.54 Å². The number of hydrogen-bond donors (Lipinski definition) is 1. The number of rotatable bonds is 4. The lowest BCUT2D eigenvalue weighted by Gasteiger charge is -2.29. The average molecular weight is 312 g/mol. The van der Waals surface area contributed by atoms with Crippen molar-refractivity contribution in [1.82, 2.24) is 4.90 Å². The summed E-state index contributed by atoms with van der Waals surface area (Å²) in [6, 6.07) is 14.9. The molecular formula is C18H20N2O3. The largest absolute Gasteiger partial charge is 0.486 e. The van der Waals surface area contributed by atoms with Crippen LogP contribution in [0.1, 0.15) is 15.9 Å². The second-order valence-corrected chi connectivity index (χ2v) is 5.58. The minimum atomic E-state index is -0.179. The number of likely N-dealkylation sites (N-methyl/N-ethyl adjacent to an activating group) is 1. The van der Waals surface area contributed by atoms with Gasteiger partial charge in [-0.25, -0.2) is 0 Å². The van der Waals surface area contributed by atoms with Crippen LogP contribution in [0.15, 0.2) is 48.5 Å². The molecule has 1 aliphatic rings. The van der Waals surface area contributed by atoms with Gasteiger partial charge in [0, 0.05) is 19.2 Å². The van der Waals surface area contributed by atoms with Crippen LogP contribution in [0.5, 0.6) is 11.5 Å². The van der Waals surface area contributed by atoms with Gasteiger partial charge in [-0.05, 0) is 29.8 Å². The quantitative estimate of drug-likeness (QED) is 0.938.